The van der Waals surface area contributed by atoms with Gasteiger partial charge in [-0.15, -0.1) is 0 Å². The Kier molecular flexibility index (Phi) is 5.18. The molecule has 0 aliphatic heterocycles. The molecule has 0 spiro atoms. The van der Waals surface area contributed by atoms with E-state index in [1.165, 1.54) is 48.8 Å². The molecule has 0 aromatic heterocycles. The molecule has 110 valence electrons. The van der Waals surface area contributed by atoms with Crippen LogP contribution in [0, 0.1) is 0 Å². The van der Waals surface area contributed by atoms with Crippen LogP contribution < -0.4 is 0 Å². The third-order valence-electron chi connectivity index (χ3n) is 4.48. The van der Waals surface area contributed by atoms with Crippen LogP contribution in [0.3, 0.4) is 0 Å². The normalized spacial score (nSPS) is 17.6. The zero-order chi connectivity index (χ0) is 14.7. The van der Waals surface area contributed by atoms with Gasteiger partial charge in [-0.25, -0.2) is 0 Å². The second-order valence-corrected chi connectivity index (χ2v) is 7.66. The second kappa shape index (κ2) is 7.11. The van der Waals surface area contributed by atoms with Gasteiger partial charge >= 0.3 is 0 Å². The van der Waals surface area contributed by atoms with Crippen LogP contribution in [0.5, 0.6) is 0 Å². The van der Waals surface area contributed by atoms with Gasteiger partial charge in [0.25, 0.3) is 0 Å². The van der Waals surface area contributed by atoms with Crippen molar-refractivity contribution in [1.29, 1.82) is 0 Å². The van der Waals surface area contributed by atoms with Gasteiger partial charge in [-0.3, -0.25) is 0 Å². The number of alkyl halides is 1. The monoisotopic (exact) mass is 406 g/mol. The van der Waals surface area contributed by atoms with Gasteiger partial charge in [0.15, 0.2) is 0 Å². The molecule has 0 bridgehead atoms. The fraction of sp³-hybridized carbons (Fsp3) is 0.368. The minimum absolute atomic E-state index is 0.244. The zero-order valence-corrected chi connectivity index (χ0v) is 15.2. The van der Waals surface area contributed by atoms with Crippen molar-refractivity contribution in [2.45, 2.75) is 42.8 Å². The third kappa shape index (κ3) is 3.60. The van der Waals surface area contributed by atoms with Crippen LogP contribution in [-0.4, -0.2) is 0 Å². The first kappa shape index (κ1) is 15.3. The van der Waals surface area contributed by atoms with Crippen LogP contribution in [0.25, 0.3) is 0 Å². The van der Waals surface area contributed by atoms with E-state index in [4.69, 9.17) is 0 Å². The molecule has 0 nitrogen and oxygen atoms in total. The number of halogens is 2. The fourth-order valence-electron chi connectivity index (χ4n) is 3.23. The average molecular weight is 408 g/mol. The Morgan fingerprint density at radius 3 is 2.19 bits per heavy atom. The number of hydrogen-bond acceptors (Lipinski definition) is 0. The van der Waals surface area contributed by atoms with Gasteiger partial charge < -0.3 is 0 Å². The molecule has 0 heterocycles. The highest BCUT2D eigenvalue weighted by atomic mass is 79.9. The van der Waals surface area contributed by atoms with Gasteiger partial charge in [-0.05, 0) is 41.5 Å². The van der Waals surface area contributed by atoms with Crippen molar-refractivity contribution in [3.05, 3.63) is 69.7 Å². The molecule has 1 unspecified atom stereocenters. The van der Waals surface area contributed by atoms with Gasteiger partial charge in [-0.2, -0.15) is 0 Å². The van der Waals surface area contributed by atoms with Crippen LogP contribution in [-0.2, 0) is 0 Å². The van der Waals surface area contributed by atoms with E-state index in [0.717, 1.165) is 10.4 Å². The molecule has 3 rings (SSSR count). The number of rotatable bonds is 3. The smallest absolute Gasteiger partial charge is 0.0655 e. The lowest BCUT2D eigenvalue weighted by Gasteiger charge is -2.22. The Labute approximate surface area is 144 Å². The van der Waals surface area contributed by atoms with Gasteiger partial charge in [0, 0.05) is 4.47 Å². The summed E-state index contributed by atoms with van der Waals surface area (Å²) >= 11 is 7.48. The SMILES string of the molecule is Brc1ccccc1C(Br)c1ccc(C2CCCCC2)cc1. The number of hydrogen-bond donors (Lipinski definition) is 0. The topological polar surface area (TPSA) is 0 Å². The number of benzene rings is 2. The van der Waals surface area contributed by atoms with Crippen molar-refractivity contribution in [3.8, 4) is 0 Å². The van der Waals surface area contributed by atoms with Crippen LogP contribution in [0.4, 0.5) is 0 Å². The van der Waals surface area contributed by atoms with E-state index < -0.39 is 0 Å². The summed E-state index contributed by atoms with van der Waals surface area (Å²) in [6.07, 6.45) is 6.93. The molecule has 21 heavy (non-hydrogen) atoms. The summed E-state index contributed by atoms with van der Waals surface area (Å²) in [7, 11) is 0. The lowest BCUT2D eigenvalue weighted by Crippen LogP contribution is -2.04. The van der Waals surface area contributed by atoms with Gasteiger partial charge in [0.05, 0.1) is 4.83 Å². The van der Waals surface area contributed by atoms with Crippen LogP contribution >= 0.6 is 31.9 Å². The lowest BCUT2D eigenvalue weighted by molar-refractivity contribution is 0.443. The predicted molar refractivity (Wildman–Crippen MR) is 97.2 cm³/mol. The Hall–Kier alpha value is -0.600. The molecule has 1 fully saturated rings. The molecular weight excluding hydrogens is 388 g/mol. The van der Waals surface area contributed by atoms with E-state index in [2.05, 4.69) is 80.4 Å². The third-order valence-corrected chi connectivity index (χ3v) is 6.23. The summed E-state index contributed by atoms with van der Waals surface area (Å²) in [5.41, 5.74) is 4.12. The first-order valence-corrected chi connectivity index (χ1v) is 9.45. The van der Waals surface area contributed by atoms with Gasteiger partial charge in [0.2, 0.25) is 0 Å². The van der Waals surface area contributed by atoms with Crippen molar-refractivity contribution in [2.75, 3.05) is 0 Å². The lowest BCUT2D eigenvalue weighted by atomic mass is 9.84. The van der Waals surface area contributed by atoms with E-state index in [1.807, 2.05) is 0 Å². The maximum Gasteiger partial charge on any atom is 0.0655 e. The maximum atomic E-state index is 3.84. The van der Waals surface area contributed by atoms with Crippen LogP contribution in [0.1, 0.15) is 59.5 Å². The molecule has 2 aromatic rings. The first-order valence-electron chi connectivity index (χ1n) is 7.74. The van der Waals surface area contributed by atoms with E-state index in [-0.39, 0.29) is 4.83 Å². The highest BCUT2D eigenvalue weighted by Crippen LogP contribution is 2.37. The summed E-state index contributed by atoms with van der Waals surface area (Å²) in [6, 6.07) is 17.6. The maximum absolute atomic E-state index is 3.84. The molecule has 0 radical (unpaired) electrons. The quantitative estimate of drug-likeness (QED) is 0.481. The minimum atomic E-state index is 0.244. The highest BCUT2D eigenvalue weighted by Gasteiger charge is 2.17. The zero-order valence-electron chi connectivity index (χ0n) is 12.1. The van der Waals surface area contributed by atoms with Crippen molar-refractivity contribution in [1.82, 2.24) is 0 Å². The van der Waals surface area contributed by atoms with Crippen molar-refractivity contribution in [3.63, 3.8) is 0 Å². The molecule has 1 aliphatic rings. The second-order valence-electron chi connectivity index (χ2n) is 5.89. The molecule has 0 saturated heterocycles. The Morgan fingerprint density at radius 1 is 0.857 bits per heavy atom. The van der Waals surface area contributed by atoms with Gasteiger partial charge in [-0.1, -0.05) is 93.6 Å². The molecular formula is C19H20Br2. The Morgan fingerprint density at radius 2 is 1.52 bits per heavy atom. The minimum Gasteiger partial charge on any atom is -0.0786 e. The van der Waals surface area contributed by atoms with Crippen LogP contribution in [0.15, 0.2) is 53.0 Å². The molecule has 1 atom stereocenters. The molecule has 1 saturated carbocycles. The largest absolute Gasteiger partial charge is 0.0786 e. The Bertz CT molecular complexity index is 583. The molecule has 0 amide bonds. The van der Waals surface area contributed by atoms with Crippen molar-refractivity contribution in [2.24, 2.45) is 0 Å². The van der Waals surface area contributed by atoms with E-state index in [0.29, 0.717) is 0 Å². The van der Waals surface area contributed by atoms with E-state index in [1.54, 1.807) is 0 Å². The summed E-state index contributed by atoms with van der Waals surface area (Å²) in [5.74, 6) is 0.782. The summed E-state index contributed by atoms with van der Waals surface area (Å²) in [5, 5.41) is 0. The molecule has 2 aromatic carbocycles. The van der Waals surface area contributed by atoms with Crippen molar-refractivity contribution >= 4 is 31.9 Å². The summed E-state index contributed by atoms with van der Waals surface area (Å²) in [6.45, 7) is 0. The van der Waals surface area contributed by atoms with Crippen molar-refractivity contribution < 1.29 is 0 Å². The van der Waals surface area contributed by atoms with E-state index >= 15 is 0 Å². The van der Waals surface area contributed by atoms with Crippen LogP contribution in [0.2, 0.25) is 0 Å². The summed E-state index contributed by atoms with van der Waals surface area (Å²) < 4.78 is 1.16. The fourth-order valence-corrected chi connectivity index (χ4v) is 4.76. The first-order chi connectivity index (χ1) is 10.3. The average Bonchev–Trinajstić information content (AvgIpc) is 2.56. The molecule has 0 N–H and O–H groups in total. The van der Waals surface area contributed by atoms with E-state index in [9.17, 15) is 0 Å². The molecule has 1 aliphatic carbocycles. The Balaban J connectivity index is 1.79. The standard InChI is InChI=1S/C19H20Br2/c20-18-9-5-4-8-17(18)19(21)16-12-10-15(11-13-16)14-6-2-1-3-7-14/h4-5,8-14,19H,1-3,6-7H2. The predicted octanol–water partition coefficient (Wildman–Crippen LogP) is 6.98. The van der Waals surface area contributed by atoms with Gasteiger partial charge in [0.1, 0.15) is 0 Å². The summed E-state index contributed by atoms with van der Waals surface area (Å²) in [4.78, 5) is 0.244. The highest BCUT2D eigenvalue weighted by molar-refractivity contribution is 9.11. The molecule has 2 heteroatoms.